The van der Waals surface area contributed by atoms with Gasteiger partial charge in [-0.05, 0) is 57.2 Å². The van der Waals surface area contributed by atoms with Crippen LogP contribution in [0.2, 0.25) is 0 Å². The van der Waals surface area contributed by atoms with Crippen LogP contribution in [0, 0.1) is 5.92 Å². The number of hydrogen-bond acceptors (Lipinski definition) is 7. The average molecular weight is 453 g/mol. The molecule has 1 aliphatic carbocycles. The summed E-state index contributed by atoms with van der Waals surface area (Å²) in [6.07, 6.45) is 3.27. The van der Waals surface area contributed by atoms with Crippen LogP contribution in [0.4, 0.5) is 5.95 Å². The minimum absolute atomic E-state index is 0.0236. The van der Waals surface area contributed by atoms with Crippen molar-refractivity contribution in [3.8, 4) is 11.5 Å². The molecule has 2 aromatic rings. The highest BCUT2D eigenvalue weighted by Crippen LogP contribution is 2.36. The van der Waals surface area contributed by atoms with Gasteiger partial charge in [0.1, 0.15) is 0 Å². The zero-order valence-electron chi connectivity index (χ0n) is 19.5. The van der Waals surface area contributed by atoms with E-state index in [4.69, 9.17) is 24.2 Å². The molecule has 0 bridgehead atoms. The molecule has 8 heteroatoms. The zero-order chi connectivity index (χ0) is 22.8. The Bertz CT molecular complexity index is 1100. The van der Waals surface area contributed by atoms with Gasteiger partial charge in [0.25, 0.3) is 5.56 Å². The van der Waals surface area contributed by atoms with Crippen LogP contribution in [0.5, 0.6) is 11.5 Å². The van der Waals surface area contributed by atoms with Gasteiger partial charge in [0.15, 0.2) is 11.5 Å². The van der Waals surface area contributed by atoms with Crippen molar-refractivity contribution in [1.82, 2.24) is 9.97 Å². The minimum atomic E-state index is -0.0236. The van der Waals surface area contributed by atoms with Crippen LogP contribution in [-0.4, -0.2) is 61.7 Å². The number of aryl methyl sites for hydroxylation is 1. The second kappa shape index (κ2) is 9.55. The van der Waals surface area contributed by atoms with E-state index in [9.17, 15) is 4.79 Å². The molecule has 1 aromatic carbocycles. The number of nitrogens with zero attached hydrogens (tertiary/aromatic N) is 3. The van der Waals surface area contributed by atoms with E-state index in [1.807, 2.05) is 13.8 Å². The molecule has 1 saturated heterocycles. The molecule has 3 aliphatic rings. The van der Waals surface area contributed by atoms with Crippen molar-refractivity contribution in [2.45, 2.75) is 39.5 Å². The Kier molecular flexibility index (Phi) is 6.35. The van der Waals surface area contributed by atoms with E-state index < -0.39 is 0 Å². The predicted molar refractivity (Wildman–Crippen MR) is 127 cm³/mol. The third kappa shape index (κ3) is 4.36. The summed E-state index contributed by atoms with van der Waals surface area (Å²) in [4.78, 5) is 27.9. The summed E-state index contributed by atoms with van der Waals surface area (Å²) in [5.41, 5.74) is 5.17. The molecule has 0 amide bonds. The van der Waals surface area contributed by atoms with Crippen molar-refractivity contribution in [2.24, 2.45) is 10.9 Å². The number of ether oxygens (including phenoxy) is 3. The second-order valence-corrected chi connectivity index (χ2v) is 8.69. The van der Waals surface area contributed by atoms with Gasteiger partial charge in [-0.1, -0.05) is 0 Å². The summed E-state index contributed by atoms with van der Waals surface area (Å²) in [5.74, 6) is 2.43. The van der Waals surface area contributed by atoms with Gasteiger partial charge in [-0.3, -0.25) is 14.8 Å². The summed E-state index contributed by atoms with van der Waals surface area (Å²) in [7, 11) is 0. The summed E-state index contributed by atoms with van der Waals surface area (Å²) in [6.45, 7) is 8.73. The van der Waals surface area contributed by atoms with Gasteiger partial charge in [0.2, 0.25) is 5.95 Å². The zero-order valence-corrected chi connectivity index (χ0v) is 19.5. The molecule has 1 aromatic heterocycles. The van der Waals surface area contributed by atoms with E-state index in [2.05, 4.69) is 22.0 Å². The fraction of sp³-hybridized carbons (Fsp3) is 0.560. The predicted octanol–water partition coefficient (Wildman–Crippen LogP) is 2.55. The first kappa shape index (κ1) is 21.9. The van der Waals surface area contributed by atoms with Crippen LogP contribution in [0.15, 0.2) is 21.9 Å². The highest BCUT2D eigenvalue weighted by Gasteiger charge is 2.31. The largest absolute Gasteiger partial charge is 0.490 e. The van der Waals surface area contributed by atoms with Crippen LogP contribution in [0.1, 0.15) is 42.7 Å². The molecule has 33 heavy (non-hydrogen) atoms. The number of hydrogen-bond donors (Lipinski definition) is 1. The normalized spacial score (nSPS) is 20.0. The quantitative estimate of drug-likeness (QED) is 0.725. The van der Waals surface area contributed by atoms with Crippen molar-refractivity contribution in [2.75, 3.05) is 51.0 Å². The third-order valence-electron chi connectivity index (χ3n) is 6.67. The van der Waals surface area contributed by atoms with Crippen molar-refractivity contribution < 1.29 is 14.2 Å². The Hall–Kier alpha value is -2.87. The number of aromatic nitrogens is 2. The minimum Gasteiger partial charge on any atom is -0.490 e. The molecule has 0 spiro atoms. The first-order chi connectivity index (χ1) is 16.2. The maximum absolute atomic E-state index is 13.0. The molecule has 1 N–H and O–H groups in total. The lowest BCUT2D eigenvalue weighted by atomic mass is 9.79. The summed E-state index contributed by atoms with van der Waals surface area (Å²) >= 11 is 0. The summed E-state index contributed by atoms with van der Waals surface area (Å²) in [6, 6.07) is 4.19. The molecule has 1 fully saturated rings. The monoisotopic (exact) mass is 452 g/mol. The number of rotatable bonds is 6. The van der Waals surface area contributed by atoms with Crippen LogP contribution in [0.3, 0.4) is 0 Å². The van der Waals surface area contributed by atoms with Crippen LogP contribution in [0.25, 0.3) is 0 Å². The number of morpholine rings is 1. The van der Waals surface area contributed by atoms with E-state index in [-0.39, 0.29) is 11.5 Å². The van der Waals surface area contributed by atoms with Crippen LogP contribution < -0.4 is 19.9 Å². The third-order valence-corrected chi connectivity index (χ3v) is 6.67. The lowest BCUT2D eigenvalue weighted by molar-refractivity contribution is 0.122. The lowest BCUT2D eigenvalue weighted by Crippen LogP contribution is -2.39. The number of fused-ring (bicyclic) bond motifs is 2. The van der Waals surface area contributed by atoms with Gasteiger partial charge in [0.05, 0.1) is 32.1 Å². The molecule has 2 aliphatic heterocycles. The number of anilines is 1. The first-order valence-corrected chi connectivity index (χ1v) is 12.1. The van der Waals surface area contributed by atoms with Crippen LogP contribution >= 0.6 is 0 Å². The van der Waals surface area contributed by atoms with Gasteiger partial charge < -0.3 is 19.1 Å². The molecular formula is C25H32N4O4. The number of aromatic amines is 1. The van der Waals surface area contributed by atoms with Gasteiger partial charge in [0, 0.05) is 42.4 Å². The molecule has 176 valence electrons. The molecular weight excluding hydrogens is 420 g/mol. The fourth-order valence-corrected chi connectivity index (χ4v) is 5.08. The highest BCUT2D eigenvalue weighted by atomic mass is 16.5. The van der Waals surface area contributed by atoms with E-state index in [0.717, 1.165) is 72.9 Å². The maximum Gasteiger partial charge on any atom is 0.255 e. The number of nitrogens with one attached hydrogen (secondary N) is 1. The molecule has 1 unspecified atom stereocenters. The van der Waals surface area contributed by atoms with Crippen molar-refractivity contribution in [3.05, 3.63) is 44.9 Å². The lowest BCUT2D eigenvalue weighted by Gasteiger charge is -2.31. The maximum atomic E-state index is 13.0. The SMILES string of the molecule is CCOc1cc2c(cc1OCC)C(C1CCc3nc(N4CCOCC4)[nH]c(=O)c3C1)=NCC2. The Labute approximate surface area is 194 Å². The number of aliphatic imine (C=N–C) groups is 1. The van der Waals surface area contributed by atoms with Gasteiger partial charge in [-0.25, -0.2) is 4.98 Å². The Balaban J connectivity index is 1.43. The van der Waals surface area contributed by atoms with E-state index in [1.54, 1.807) is 0 Å². The molecule has 5 rings (SSSR count). The van der Waals surface area contributed by atoms with E-state index in [0.29, 0.717) is 38.8 Å². The standard InChI is InChI=1S/C25H32N4O4/c1-3-32-21-14-16-7-8-26-23(18(16)15-22(21)33-4-2)17-5-6-20-19(13-17)24(30)28-25(27-20)29-9-11-31-12-10-29/h14-15,17H,3-13H2,1-2H3,(H,27,28,30). The molecule has 0 radical (unpaired) electrons. The van der Waals surface area contributed by atoms with Crippen LogP contribution in [-0.2, 0) is 24.0 Å². The molecule has 1 atom stereocenters. The Morgan fingerprint density at radius 2 is 1.88 bits per heavy atom. The van der Waals surface area contributed by atoms with E-state index in [1.165, 1.54) is 5.56 Å². The average Bonchev–Trinajstić information content (AvgIpc) is 2.85. The Morgan fingerprint density at radius 3 is 2.64 bits per heavy atom. The Morgan fingerprint density at radius 1 is 1.12 bits per heavy atom. The van der Waals surface area contributed by atoms with Crippen molar-refractivity contribution >= 4 is 11.7 Å². The smallest absolute Gasteiger partial charge is 0.255 e. The van der Waals surface area contributed by atoms with Gasteiger partial charge >= 0.3 is 0 Å². The number of H-pyrrole nitrogens is 1. The summed E-state index contributed by atoms with van der Waals surface area (Å²) in [5, 5.41) is 0. The van der Waals surface area contributed by atoms with Gasteiger partial charge in [-0.2, -0.15) is 0 Å². The number of benzene rings is 1. The topological polar surface area (TPSA) is 89.0 Å². The summed E-state index contributed by atoms with van der Waals surface area (Å²) < 4.78 is 17.1. The fourth-order valence-electron chi connectivity index (χ4n) is 5.08. The van der Waals surface area contributed by atoms with Crippen molar-refractivity contribution in [3.63, 3.8) is 0 Å². The highest BCUT2D eigenvalue weighted by molar-refractivity contribution is 6.05. The molecule has 8 nitrogen and oxygen atoms in total. The van der Waals surface area contributed by atoms with E-state index >= 15 is 0 Å². The first-order valence-electron chi connectivity index (χ1n) is 12.1. The second-order valence-electron chi connectivity index (χ2n) is 8.69. The van der Waals surface area contributed by atoms with Crippen molar-refractivity contribution in [1.29, 1.82) is 0 Å². The molecule has 3 heterocycles. The van der Waals surface area contributed by atoms with Gasteiger partial charge in [-0.15, -0.1) is 0 Å². The molecule has 0 saturated carbocycles.